The van der Waals surface area contributed by atoms with Crippen LogP contribution in [0.2, 0.25) is 0 Å². The molecule has 1 saturated heterocycles. The number of thioether (sulfide) groups is 1. The molecule has 0 aromatic rings. The van der Waals surface area contributed by atoms with E-state index in [0.29, 0.717) is 18.3 Å². The summed E-state index contributed by atoms with van der Waals surface area (Å²) in [4.78, 5) is 11.9. The summed E-state index contributed by atoms with van der Waals surface area (Å²) in [6.45, 7) is 9.49. The molecule has 2 atom stereocenters. The number of hydrogen-bond donors (Lipinski definition) is 2. The Morgan fingerprint density at radius 3 is 2.74 bits per heavy atom. The molecule has 19 heavy (non-hydrogen) atoms. The Morgan fingerprint density at radius 1 is 1.53 bits per heavy atom. The minimum atomic E-state index is 0. The number of nitrogens with one attached hydrogen (secondary N) is 2. The van der Waals surface area contributed by atoms with E-state index in [9.17, 15) is 4.79 Å². The van der Waals surface area contributed by atoms with Crippen LogP contribution < -0.4 is 10.6 Å². The third kappa shape index (κ3) is 7.42. The third-order valence-electron chi connectivity index (χ3n) is 3.91. The first-order valence-corrected chi connectivity index (χ1v) is 8.19. The Labute approximate surface area is 128 Å². The van der Waals surface area contributed by atoms with Gasteiger partial charge < -0.3 is 10.6 Å². The van der Waals surface area contributed by atoms with Gasteiger partial charge in [0.15, 0.2) is 0 Å². The van der Waals surface area contributed by atoms with Crippen LogP contribution in [0.15, 0.2) is 0 Å². The molecule has 0 spiro atoms. The van der Waals surface area contributed by atoms with Crippen LogP contribution in [0.25, 0.3) is 0 Å². The van der Waals surface area contributed by atoms with Crippen LogP contribution in [0, 0.1) is 11.8 Å². The molecule has 1 amide bonds. The van der Waals surface area contributed by atoms with E-state index in [2.05, 4.69) is 37.7 Å². The summed E-state index contributed by atoms with van der Waals surface area (Å²) in [5.74, 6) is 1.35. The van der Waals surface area contributed by atoms with Crippen LogP contribution in [0.4, 0.5) is 0 Å². The first kappa shape index (κ1) is 19.1. The SMILES string of the molecule is CSC(C)(C)CNC(=O)CC(C)C1CCCNC1.Cl. The van der Waals surface area contributed by atoms with Crippen LogP contribution in [0.1, 0.15) is 40.0 Å². The molecule has 0 bridgehead atoms. The van der Waals surface area contributed by atoms with Crippen LogP contribution in [0.3, 0.4) is 0 Å². The lowest BCUT2D eigenvalue weighted by atomic mass is 9.85. The van der Waals surface area contributed by atoms with Crippen molar-refractivity contribution in [1.29, 1.82) is 0 Å². The Hall–Kier alpha value is 0.0700. The van der Waals surface area contributed by atoms with Crippen molar-refractivity contribution in [3.05, 3.63) is 0 Å². The zero-order valence-electron chi connectivity index (χ0n) is 12.6. The quantitative estimate of drug-likeness (QED) is 0.792. The summed E-state index contributed by atoms with van der Waals surface area (Å²) in [5, 5.41) is 6.48. The minimum absolute atomic E-state index is 0. The van der Waals surface area contributed by atoms with Gasteiger partial charge >= 0.3 is 0 Å². The largest absolute Gasteiger partial charge is 0.355 e. The topological polar surface area (TPSA) is 41.1 Å². The van der Waals surface area contributed by atoms with Gasteiger partial charge in [-0.1, -0.05) is 6.92 Å². The number of rotatable bonds is 6. The normalized spacial score (nSPS) is 21.4. The van der Waals surface area contributed by atoms with E-state index in [0.717, 1.165) is 19.6 Å². The Bertz CT molecular complexity index is 268. The summed E-state index contributed by atoms with van der Waals surface area (Å²) in [6.07, 6.45) is 5.26. The standard InChI is InChI=1S/C14H28N2OS.ClH/c1-11(12-6-5-7-15-9-12)8-13(17)16-10-14(2,3)18-4;/h11-12,15H,5-10H2,1-4H3,(H,16,17);1H. The molecule has 1 aliphatic rings. The van der Waals surface area contributed by atoms with Crippen molar-refractivity contribution in [3.8, 4) is 0 Å². The maximum Gasteiger partial charge on any atom is 0.220 e. The molecule has 0 aromatic heterocycles. The molecule has 0 aromatic carbocycles. The molecule has 2 N–H and O–H groups in total. The predicted molar refractivity (Wildman–Crippen MR) is 87.2 cm³/mol. The Morgan fingerprint density at radius 2 is 2.21 bits per heavy atom. The second kappa shape index (κ2) is 9.09. The van der Waals surface area contributed by atoms with E-state index >= 15 is 0 Å². The summed E-state index contributed by atoms with van der Waals surface area (Å²) >= 11 is 1.79. The number of carbonyl (C=O) groups excluding carboxylic acids is 1. The first-order valence-electron chi connectivity index (χ1n) is 6.97. The third-order valence-corrected chi connectivity index (χ3v) is 5.16. The van der Waals surface area contributed by atoms with E-state index in [-0.39, 0.29) is 23.1 Å². The Balaban J connectivity index is 0.00000324. The lowest BCUT2D eigenvalue weighted by Crippen LogP contribution is -2.39. The number of hydrogen-bond acceptors (Lipinski definition) is 3. The highest BCUT2D eigenvalue weighted by Crippen LogP contribution is 2.23. The molecule has 0 aliphatic carbocycles. The van der Waals surface area contributed by atoms with E-state index in [1.807, 2.05) is 0 Å². The molecule has 0 saturated carbocycles. The zero-order chi connectivity index (χ0) is 13.6. The highest BCUT2D eigenvalue weighted by Gasteiger charge is 2.23. The van der Waals surface area contributed by atoms with E-state index < -0.39 is 0 Å². The van der Waals surface area contributed by atoms with Crippen molar-refractivity contribution in [3.63, 3.8) is 0 Å². The Kier molecular flexibility index (Phi) is 9.12. The van der Waals surface area contributed by atoms with E-state index in [1.54, 1.807) is 11.8 Å². The van der Waals surface area contributed by atoms with Gasteiger partial charge in [0, 0.05) is 17.7 Å². The molecule has 114 valence electrons. The van der Waals surface area contributed by atoms with Gasteiger partial charge in [0.2, 0.25) is 5.91 Å². The van der Waals surface area contributed by atoms with Gasteiger partial charge in [0.05, 0.1) is 0 Å². The maximum atomic E-state index is 11.9. The number of halogens is 1. The van der Waals surface area contributed by atoms with Gasteiger partial charge in [-0.05, 0) is 57.9 Å². The number of carbonyl (C=O) groups is 1. The van der Waals surface area contributed by atoms with Crippen LogP contribution in [0.5, 0.6) is 0 Å². The predicted octanol–water partition coefficient (Wildman–Crippen LogP) is 2.69. The fourth-order valence-electron chi connectivity index (χ4n) is 2.28. The number of amides is 1. The van der Waals surface area contributed by atoms with Crippen LogP contribution in [-0.4, -0.2) is 36.5 Å². The second-order valence-corrected chi connectivity index (χ2v) is 7.54. The van der Waals surface area contributed by atoms with Crippen molar-refractivity contribution in [2.45, 2.75) is 44.8 Å². The summed E-state index contributed by atoms with van der Waals surface area (Å²) in [6, 6.07) is 0. The molecule has 0 radical (unpaired) electrons. The fraction of sp³-hybridized carbons (Fsp3) is 0.929. The van der Waals surface area contributed by atoms with Gasteiger partial charge in [-0.2, -0.15) is 11.8 Å². The smallest absolute Gasteiger partial charge is 0.220 e. The lowest BCUT2D eigenvalue weighted by Gasteiger charge is -2.28. The molecule has 1 aliphatic heterocycles. The maximum absolute atomic E-state index is 11.9. The first-order chi connectivity index (χ1) is 8.44. The van der Waals surface area contributed by atoms with Crippen molar-refractivity contribution in [2.75, 3.05) is 25.9 Å². The highest BCUT2D eigenvalue weighted by molar-refractivity contribution is 7.99. The highest BCUT2D eigenvalue weighted by atomic mass is 35.5. The molecule has 1 heterocycles. The lowest BCUT2D eigenvalue weighted by molar-refractivity contribution is -0.122. The second-order valence-electron chi connectivity index (χ2n) is 6.03. The molecule has 1 fully saturated rings. The average molecular weight is 309 g/mol. The van der Waals surface area contributed by atoms with Gasteiger partial charge in [-0.15, -0.1) is 12.4 Å². The van der Waals surface area contributed by atoms with Gasteiger partial charge in [0.25, 0.3) is 0 Å². The van der Waals surface area contributed by atoms with Crippen LogP contribution in [-0.2, 0) is 4.79 Å². The number of piperidine rings is 1. The van der Waals surface area contributed by atoms with Crippen LogP contribution >= 0.6 is 24.2 Å². The van der Waals surface area contributed by atoms with Gasteiger partial charge in [-0.3, -0.25) is 4.79 Å². The van der Waals surface area contributed by atoms with Crippen molar-refractivity contribution in [1.82, 2.24) is 10.6 Å². The summed E-state index contributed by atoms with van der Waals surface area (Å²) in [5.41, 5.74) is 0. The van der Waals surface area contributed by atoms with E-state index in [1.165, 1.54) is 12.8 Å². The fourth-order valence-corrected chi connectivity index (χ4v) is 2.50. The summed E-state index contributed by atoms with van der Waals surface area (Å²) in [7, 11) is 0. The minimum Gasteiger partial charge on any atom is -0.355 e. The van der Waals surface area contributed by atoms with Crippen molar-refractivity contribution >= 4 is 30.1 Å². The molecular weight excluding hydrogens is 280 g/mol. The summed E-state index contributed by atoms with van der Waals surface area (Å²) < 4.78 is 0.130. The molecular formula is C14H29ClN2OS. The van der Waals surface area contributed by atoms with Gasteiger partial charge in [0.1, 0.15) is 0 Å². The van der Waals surface area contributed by atoms with Crippen molar-refractivity contribution in [2.24, 2.45) is 11.8 Å². The molecule has 5 heteroatoms. The molecule has 3 nitrogen and oxygen atoms in total. The zero-order valence-corrected chi connectivity index (χ0v) is 14.3. The van der Waals surface area contributed by atoms with E-state index in [4.69, 9.17) is 0 Å². The average Bonchev–Trinajstić information content (AvgIpc) is 2.37. The molecule has 1 rings (SSSR count). The van der Waals surface area contributed by atoms with Crippen molar-refractivity contribution < 1.29 is 4.79 Å². The van der Waals surface area contributed by atoms with Gasteiger partial charge in [-0.25, -0.2) is 0 Å². The molecule has 2 unspecified atom stereocenters. The monoisotopic (exact) mass is 308 g/mol.